The average molecular weight is 290 g/mol. The molecule has 4 nitrogen and oxygen atoms in total. The van der Waals surface area contributed by atoms with E-state index in [1.807, 2.05) is 27.7 Å². The molecule has 0 saturated carbocycles. The second-order valence-electron chi connectivity index (χ2n) is 5.08. The minimum absolute atomic E-state index is 0.358. The van der Waals surface area contributed by atoms with Crippen LogP contribution in [0.15, 0.2) is 11.0 Å². The second kappa shape index (κ2) is 5.69. The molecule has 18 heavy (non-hydrogen) atoms. The first-order chi connectivity index (χ1) is 8.22. The molecular formula is C12H22N2O2S2. The molecule has 0 aliphatic heterocycles. The molecule has 1 aromatic rings. The zero-order valence-corrected chi connectivity index (χ0v) is 13.0. The van der Waals surface area contributed by atoms with Crippen molar-refractivity contribution in [3.63, 3.8) is 0 Å². The van der Waals surface area contributed by atoms with Crippen LogP contribution in [0, 0.1) is 6.92 Å². The molecule has 1 aromatic heterocycles. The Morgan fingerprint density at radius 3 is 2.50 bits per heavy atom. The van der Waals surface area contributed by atoms with E-state index in [0.29, 0.717) is 11.4 Å². The van der Waals surface area contributed by atoms with Gasteiger partial charge in [-0.25, -0.2) is 13.1 Å². The maximum atomic E-state index is 12.3. The number of nitrogens with one attached hydrogen (secondary N) is 1. The topological polar surface area (TPSA) is 72.2 Å². The molecule has 1 heterocycles. The van der Waals surface area contributed by atoms with Gasteiger partial charge < -0.3 is 5.73 Å². The quantitative estimate of drug-likeness (QED) is 0.845. The molecule has 0 atom stereocenters. The van der Waals surface area contributed by atoms with Gasteiger partial charge in [-0.2, -0.15) is 0 Å². The Kier molecular flexibility index (Phi) is 4.94. The highest BCUT2D eigenvalue weighted by molar-refractivity contribution is 7.89. The van der Waals surface area contributed by atoms with Crippen LogP contribution in [0.1, 0.15) is 43.4 Å². The van der Waals surface area contributed by atoms with E-state index < -0.39 is 15.6 Å². The summed E-state index contributed by atoms with van der Waals surface area (Å²) in [6, 6.07) is 1.67. The Morgan fingerprint density at radius 2 is 2.06 bits per heavy atom. The summed E-state index contributed by atoms with van der Waals surface area (Å²) in [4.78, 5) is 2.04. The van der Waals surface area contributed by atoms with E-state index in [1.165, 1.54) is 11.3 Å². The number of thiophene rings is 1. The van der Waals surface area contributed by atoms with Gasteiger partial charge in [0, 0.05) is 21.8 Å². The van der Waals surface area contributed by atoms with Crippen molar-refractivity contribution in [2.45, 2.75) is 57.5 Å². The van der Waals surface area contributed by atoms with Crippen molar-refractivity contribution < 1.29 is 8.42 Å². The van der Waals surface area contributed by atoms with Crippen LogP contribution in [0.3, 0.4) is 0 Å². The Bertz CT molecular complexity index is 504. The van der Waals surface area contributed by atoms with E-state index in [-0.39, 0.29) is 0 Å². The zero-order chi connectivity index (χ0) is 14.0. The van der Waals surface area contributed by atoms with Gasteiger partial charge in [0.05, 0.1) is 4.90 Å². The summed E-state index contributed by atoms with van der Waals surface area (Å²) in [6.45, 7) is 8.03. The molecule has 0 spiro atoms. The largest absolute Gasteiger partial charge is 0.326 e. The van der Waals surface area contributed by atoms with Gasteiger partial charge >= 0.3 is 0 Å². The highest BCUT2D eigenvalue weighted by atomic mass is 32.2. The highest BCUT2D eigenvalue weighted by Crippen LogP contribution is 2.26. The standard InChI is InChI=1S/C12H22N2O2S2/c1-5-6-12(3,4)14-18(15,16)11-7-10(8-13)17-9(11)2/h7,14H,5-6,8,13H2,1-4H3. The maximum Gasteiger partial charge on any atom is 0.242 e. The minimum Gasteiger partial charge on any atom is -0.326 e. The minimum atomic E-state index is -3.46. The summed E-state index contributed by atoms with van der Waals surface area (Å²) in [7, 11) is -3.46. The summed E-state index contributed by atoms with van der Waals surface area (Å²) < 4.78 is 27.4. The summed E-state index contributed by atoms with van der Waals surface area (Å²) in [5, 5.41) is 0. The number of hydrogen-bond donors (Lipinski definition) is 2. The lowest BCUT2D eigenvalue weighted by atomic mass is 10.0. The third-order valence-corrected chi connectivity index (χ3v) is 5.73. The van der Waals surface area contributed by atoms with Gasteiger partial charge in [-0.3, -0.25) is 0 Å². The second-order valence-corrected chi connectivity index (χ2v) is 8.07. The van der Waals surface area contributed by atoms with Gasteiger partial charge in [0.25, 0.3) is 0 Å². The molecule has 0 aliphatic rings. The Hall–Kier alpha value is -0.430. The fourth-order valence-corrected chi connectivity index (χ4v) is 4.94. The molecule has 0 radical (unpaired) electrons. The normalized spacial score (nSPS) is 12.9. The van der Waals surface area contributed by atoms with Crippen LogP contribution in [-0.4, -0.2) is 14.0 Å². The third kappa shape index (κ3) is 3.78. The van der Waals surface area contributed by atoms with Crippen molar-refractivity contribution in [3.05, 3.63) is 15.8 Å². The lowest BCUT2D eigenvalue weighted by Gasteiger charge is -2.25. The Labute approximate surface area is 114 Å². The molecule has 0 bridgehead atoms. The van der Waals surface area contributed by atoms with Crippen molar-refractivity contribution in [1.29, 1.82) is 0 Å². The lowest BCUT2D eigenvalue weighted by Crippen LogP contribution is -2.43. The summed E-state index contributed by atoms with van der Waals surface area (Å²) in [5.41, 5.74) is 5.12. The summed E-state index contributed by atoms with van der Waals surface area (Å²) in [5.74, 6) is 0. The van der Waals surface area contributed by atoms with Crippen LogP contribution in [0.25, 0.3) is 0 Å². The third-order valence-electron chi connectivity index (χ3n) is 2.70. The fraction of sp³-hybridized carbons (Fsp3) is 0.667. The number of sulfonamides is 1. The molecule has 1 rings (SSSR count). The number of nitrogens with two attached hydrogens (primary N) is 1. The van der Waals surface area contributed by atoms with Crippen molar-refractivity contribution in [2.24, 2.45) is 5.73 Å². The molecule has 0 amide bonds. The van der Waals surface area contributed by atoms with Crippen LogP contribution in [0.5, 0.6) is 0 Å². The van der Waals surface area contributed by atoms with E-state index in [9.17, 15) is 8.42 Å². The molecule has 0 unspecified atom stereocenters. The Balaban J connectivity index is 3.03. The predicted octanol–water partition coefficient (Wildman–Crippen LogP) is 2.37. The molecule has 0 aliphatic carbocycles. The first-order valence-electron chi connectivity index (χ1n) is 6.05. The first-order valence-corrected chi connectivity index (χ1v) is 8.35. The van der Waals surface area contributed by atoms with Gasteiger partial charge in [0.1, 0.15) is 0 Å². The van der Waals surface area contributed by atoms with Crippen molar-refractivity contribution in [3.8, 4) is 0 Å². The van der Waals surface area contributed by atoms with Crippen LogP contribution in [0.2, 0.25) is 0 Å². The summed E-state index contributed by atoms with van der Waals surface area (Å²) >= 11 is 1.44. The predicted molar refractivity (Wildman–Crippen MR) is 76.3 cm³/mol. The van der Waals surface area contributed by atoms with Gasteiger partial charge in [0.2, 0.25) is 10.0 Å². The summed E-state index contributed by atoms with van der Waals surface area (Å²) in [6.07, 6.45) is 1.74. The van der Waals surface area contributed by atoms with Crippen LogP contribution >= 0.6 is 11.3 Å². The Morgan fingerprint density at radius 1 is 1.44 bits per heavy atom. The fourth-order valence-electron chi connectivity index (χ4n) is 1.99. The van der Waals surface area contributed by atoms with Crippen LogP contribution in [-0.2, 0) is 16.6 Å². The monoisotopic (exact) mass is 290 g/mol. The maximum absolute atomic E-state index is 12.3. The first kappa shape index (κ1) is 15.6. The molecule has 0 saturated heterocycles. The molecule has 104 valence electrons. The number of hydrogen-bond acceptors (Lipinski definition) is 4. The van der Waals surface area contributed by atoms with Crippen molar-refractivity contribution in [1.82, 2.24) is 4.72 Å². The van der Waals surface area contributed by atoms with Crippen LogP contribution in [0.4, 0.5) is 0 Å². The number of rotatable bonds is 6. The SMILES string of the molecule is CCCC(C)(C)NS(=O)(=O)c1cc(CN)sc1C. The van der Waals surface area contributed by atoms with E-state index in [4.69, 9.17) is 5.73 Å². The van der Waals surface area contributed by atoms with Gasteiger partial charge in [-0.1, -0.05) is 13.3 Å². The number of aryl methyl sites for hydroxylation is 1. The molecule has 0 aromatic carbocycles. The molecule has 6 heteroatoms. The van der Waals surface area contributed by atoms with Crippen molar-refractivity contribution in [2.75, 3.05) is 0 Å². The lowest BCUT2D eigenvalue weighted by molar-refractivity contribution is 0.417. The molecular weight excluding hydrogens is 268 g/mol. The molecule has 0 fully saturated rings. The van der Waals surface area contributed by atoms with Gasteiger partial charge in [-0.15, -0.1) is 11.3 Å². The highest BCUT2D eigenvalue weighted by Gasteiger charge is 2.27. The zero-order valence-electron chi connectivity index (χ0n) is 11.4. The van der Waals surface area contributed by atoms with E-state index in [0.717, 1.165) is 22.6 Å². The van der Waals surface area contributed by atoms with Crippen molar-refractivity contribution >= 4 is 21.4 Å². The average Bonchev–Trinajstić information content (AvgIpc) is 2.58. The van der Waals surface area contributed by atoms with Crippen LogP contribution < -0.4 is 10.5 Å². The smallest absolute Gasteiger partial charge is 0.242 e. The van der Waals surface area contributed by atoms with Gasteiger partial charge in [0.15, 0.2) is 0 Å². The molecule has 3 N–H and O–H groups in total. The van der Waals surface area contributed by atoms with E-state index in [1.54, 1.807) is 6.07 Å². The van der Waals surface area contributed by atoms with E-state index in [2.05, 4.69) is 4.72 Å². The van der Waals surface area contributed by atoms with Gasteiger partial charge in [-0.05, 0) is 33.3 Å². The van der Waals surface area contributed by atoms with E-state index >= 15 is 0 Å².